The highest BCUT2D eigenvalue weighted by Gasteiger charge is 2.24. The van der Waals surface area contributed by atoms with Crippen molar-refractivity contribution in [1.29, 1.82) is 0 Å². The van der Waals surface area contributed by atoms with Crippen LogP contribution in [0.3, 0.4) is 0 Å². The summed E-state index contributed by atoms with van der Waals surface area (Å²) in [5.74, 6) is 2.16. The summed E-state index contributed by atoms with van der Waals surface area (Å²) in [6, 6.07) is 0. The van der Waals surface area contributed by atoms with Crippen LogP contribution in [0.5, 0.6) is 0 Å². The highest BCUT2D eigenvalue weighted by molar-refractivity contribution is 5.95. The first kappa shape index (κ1) is 12.5. The molecule has 0 fully saturated rings. The van der Waals surface area contributed by atoms with Gasteiger partial charge in [-0.15, -0.1) is 0 Å². The molecule has 0 unspecified atom stereocenters. The first-order valence-corrected chi connectivity index (χ1v) is 6.31. The van der Waals surface area contributed by atoms with Crippen LogP contribution in [0.25, 0.3) is 0 Å². The van der Waals surface area contributed by atoms with Gasteiger partial charge in [-0.2, -0.15) is 0 Å². The van der Waals surface area contributed by atoms with Gasteiger partial charge < -0.3 is 0 Å². The molecule has 86 valence electrons. The molecule has 0 aromatic carbocycles. The number of carbonyl (C=O) groups excluding carboxylic acids is 1. The molecule has 0 amide bonds. The fourth-order valence-corrected chi connectivity index (χ4v) is 2.34. The lowest BCUT2D eigenvalue weighted by Gasteiger charge is -2.28. The van der Waals surface area contributed by atoms with E-state index in [9.17, 15) is 4.79 Å². The van der Waals surface area contributed by atoms with Crippen molar-refractivity contribution in [2.24, 2.45) is 17.8 Å². The lowest BCUT2D eigenvalue weighted by atomic mass is 9.77. The van der Waals surface area contributed by atoms with Gasteiger partial charge in [-0.3, -0.25) is 4.79 Å². The topological polar surface area (TPSA) is 17.1 Å². The zero-order valence-corrected chi connectivity index (χ0v) is 10.5. The fraction of sp³-hybridized carbons (Fsp3) is 0.786. The molecule has 2 atom stereocenters. The van der Waals surface area contributed by atoms with E-state index in [1.165, 1.54) is 12.8 Å². The third-order valence-corrected chi connectivity index (χ3v) is 3.51. The molecule has 0 heterocycles. The quantitative estimate of drug-likeness (QED) is 0.683. The Kier molecular flexibility index (Phi) is 4.56. The molecular formula is C14H24O. The van der Waals surface area contributed by atoms with Crippen LogP contribution in [-0.4, -0.2) is 5.78 Å². The largest absolute Gasteiger partial charge is 0.295 e. The van der Waals surface area contributed by atoms with Gasteiger partial charge in [-0.1, -0.05) is 33.8 Å². The highest BCUT2D eigenvalue weighted by atomic mass is 16.1. The smallest absolute Gasteiger partial charge is 0.158 e. The Hall–Kier alpha value is -0.590. The summed E-state index contributed by atoms with van der Waals surface area (Å²) in [5, 5.41) is 0. The van der Waals surface area contributed by atoms with E-state index >= 15 is 0 Å². The van der Waals surface area contributed by atoms with E-state index < -0.39 is 0 Å². The molecule has 0 aromatic heterocycles. The molecule has 0 N–H and O–H groups in total. The van der Waals surface area contributed by atoms with E-state index in [4.69, 9.17) is 0 Å². The van der Waals surface area contributed by atoms with Gasteiger partial charge in [0.05, 0.1) is 0 Å². The van der Waals surface area contributed by atoms with E-state index in [1.54, 1.807) is 0 Å². The van der Waals surface area contributed by atoms with Crippen molar-refractivity contribution in [3.05, 3.63) is 11.6 Å². The summed E-state index contributed by atoms with van der Waals surface area (Å²) in [6.07, 6.45) is 6.39. The summed E-state index contributed by atoms with van der Waals surface area (Å²) in [7, 11) is 0. The summed E-state index contributed by atoms with van der Waals surface area (Å²) in [6.45, 7) is 8.76. The Balaban J connectivity index is 2.77. The van der Waals surface area contributed by atoms with Gasteiger partial charge in [-0.25, -0.2) is 0 Å². The average Bonchev–Trinajstić information content (AvgIpc) is 2.18. The highest BCUT2D eigenvalue weighted by Crippen LogP contribution is 2.33. The van der Waals surface area contributed by atoms with Crippen LogP contribution < -0.4 is 0 Å². The number of rotatable bonds is 4. The lowest BCUT2D eigenvalue weighted by molar-refractivity contribution is -0.116. The minimum Gasteiger partial charge on any atom is -0.295 e. The third kappa shape index (κ3) is 3.19. The van der Waals surface area contributed by atoms with Crippen molar-refractivity contribution in [1.82, 2.24) is 0 Å². The molecule has 0 bridgehead atoms. The van der Waals surface area contributed by atoms with Gasteiger partial charge in [-0.05, 0) is 42.6 Å². The molecule has 1 aliphatic carbocycles. The SMILES string of the molecule is CCCC(=O)C1=C[C@@H](C(C)C)CC[C@@H]1C. The van der Waals surface area contributed by atoms with E-state index in [1.807, 2.05) is 0 Å². The molecular weight excluding hydrogens is 184 g/mol. The second-order valence-corrected chi connectivity index (χ2v) is 5.18. The molecule has 1 heteroatoms. The summed E-state index contributed by atoms with van der Waals surface area (Å²) in [4.78, 5) is 11.9. The van der Waals surface area contributed by atoms with Crippen LogP contribution in [0.2, 0.25) is 0 Å². The van der Waals surface area contributed by atoms with Crippen molar-refractivity contribution >= 4 is 5.78 Å². The Labute approximate surface area is 93.9 Å². The summed E-state index contributed by atoms with van der Waals surface area (Å²) < 4.78 is 0. The zero-order chi connectivity index (χ0) is 11.4. The second-order valence-electron chi connectivity index (χ2n) is 5.18. The third-order valence-electron chi connectivity index (χ3n) is 3.51. The van der Waals surface area contributed by atoms with Gasteiger partial charge in [0.1, 0.15) is 0 Å². The zero-order valence-electron chi connectivity index (χ0n) is 10.5. The first-order chi connectivity index (χ1) is 7.06. The number of carbonyl (C=O) groups is 1. The van der Waals surface area contributed by atoms with Gasteiger partial charge >= 0.3 is 0 Å². The number of hydrogen-bond donors (Lipinski definition) is 0. The molecule has 1 rings (SSSR count). The van der Waals surface area contributed by atoms with E-state index in [-0.39, 0.29) is 0 Å². The van der Waals surface area contributed by atoms with Gasteiger partial charge in [0.15, 0.2) is 5.78 Å². The van der Waals surface area contributed by atoms with Crippen LogP contribution in [0.4, 0.5) is 0 Å². The average molecular weight is 208 g/mol. The van der Waals surface area contributed by atoms with E-state index in [2.05, 4.69) is 33.8 Å². The van der Waals surface area contributed by atoms with Crippen molar-refractivity contribution in [3.8, 4) is 0 Å². The van der Waals surface area contributed by atoms with Crippen LogP contribution in [0.15, 0.2) is 11.6 Å². The molecule has 0 aromatic rings. The molecule has 1 nitrogen and oxygen atoms in total. The second kappa shape index (κ2) is 5.48. The van der Waals surface area contributed by atoms with Crippen LogP contribution >= 0.6 is 0 Å². The van der Waals surface area contributed by atoms with Crippen molar-refractivity contribution in [2.45, 2.75) is 53.4 Å². The molecule has 0 saturated heterocycles. The number of hydrogen-bond acceptors (Lipinski definition) is 1. The van der Waals surface area contributed by atoms with Crippen molar-refractivity contribution in [3.63, 3.8) is 0 Å². The lowest BCUT2D eigenvalue weighted by Crippen LogP contribution is -2.20. The minimum atomic E-state index is 0.385. The van der Waals surface area contributed by atoms with Crippen LogP contribution in [0, 0.1) is 17.8 Å². The Morgan fingerprint density at radius 1 is 1.47 bits per heavy atom. The maximum absolute atomic E-state index is 11.9. The summed E-state index contributed by atoms with van der Waals surface area (Å²) >= 11 is 0. The molecule has 0 spiro atoms. The minimum absolute atomic E-state index is 0.385. The molecule has 15 heavy (non-hydrogen) atoms. The van der Waals surface area contributed by atoms with Gasteiger partial charge in [0, 0.05) is 6.42 Å². The van der Waals surface area contributed by atoms with E-state index in [0.29, 0.717) is 23.5 Å². The van der Waals surface area contributed by atoms with Crippen LogP contribution in [0.1, 0.15) is 53.4 Å². The number of ketones is 1. The fourth-order valence-electron chi connectivity index (χ4n) is 2.34. The van der Waals surface area contributed by atoms with Gasteiger partial charge in [0.2, 0.25) is 0 Å². The maximum Gasteiger partial charge on any atom is 0.158 e. The maximum atomic E-state index is 11.9. The first-order valence-electron chi connectivity index (χ1n) is 6.31. The van der Waals surface area contributed by atoms with Gasteiger partial charge in [0.25, 0.3) is 0 Å². The molecule has 0 aliphatic heterocycles. The van der Waals surface area contributed by atoms with Crippen LogP contribution in [-0.2, 0) is 4.79 Å². The Morgan fingerprint density at radius 3 is 2.67 bits per heavy atom. The monoisotopic (exact) mass is 208 g/mol. The Bertz CT molecular complexity index is 250. The molecule has 1 aliphatic rings. The van der Waals surface area contributed by atoms with Crippen molar-refractivity contribution in [2.75, 3.05) is 0 Å². The molecule has 0 saturated carbocycles. The Morgan fingerprint density at radius 2 is 2.13 bits per heavy atom. The standard InChI is InChI=1S/C14H24O/c1-5-6-14(15)13-9-12(10(2)3)8-7-11(13)4/h9-12H,5-8H2,1-4H3/t11-,12-/m0/s1. The molecule has 0 radical (unpaired) electrons. The van der Waals surface area contributed by atoms with Crippen molar-refractivity contribution < 1.29 is 4.79 Å². The van der Waals surface area contributed by atoms with E-state index in [0.717, 1.165) is 18.4 Å². The predicted octanol–water partition coefficient (Wildman–Crippen LogP) is 3.98. The number of Topliss-reactive ketones (excluding diaryl/α,β-unsaturated/α-hetero) is 1. The number of allylic oxidation sites excluding steroid dienone is 2. The predicted molar refractivity (Wildman–Crippen MR) is 64.7 cm³/mol. The normalized spacial score (nSPS) is 26.6. The summed E-state index contributed by atoms with van der Waals surface area (Å²) in [5.41, 5.74) is 1.11.